The number of thiazole rings is 1. The lowest BCUT2D eigenvalue weighted by Gasteiger charge is -2.18. The van der Waals surface area contributed by atoms with Gasteiger partial charge in [-0.1, -0.05) is 25.2 Å². The Balaban J connectivity index is 2.48. The van der Waals surface area contributed by atoms with Crippen LogP contribution < -0.4 is 5.73 Å². The Morgan fingerprint density at radius 1 is 1.39 bits per heavy atom. The number of hydrogen-bond donors (Lipinski definition) is 1. The van der Waals surface area contributed by atoms with Gasteiger partial charge in [-0.05, 0) is 13.0 Å². The van der Waals surface area contributed by atoms with Crippen LogP contribution >= 0.6 is 11.3 Å². The second-order valence-electron chi connectivity index (χ2n) is 4.75. The molecule has 0 aliphatic rings. The topological polar surface area (TPSA) is 64.7 Å². The number of nitrogen functional groups attached to an aromatic ring is 1. The molecule has 0 bridgehead atoms. The second kappa shape index (κ2) is 4.61. The Morgan fingerprint density at radius 3 is 2.67 bits per heavy atom. The number of hydrogen-bond acceptors (Lipinski definition) is 5. The molecule has 2 N–H and O–H groups in total. The molecule has 0 aliphatic heterocycles. The van der Waals surface area contributed by atoms with Gasteiger partial charge in [0.05, 0.1) is 21.7 Å². The van der Waals surface area contributed by atoms with E-state index in [1.807, 2.05) is 6.92 Å². The fraction of sp³-hybridized carbons (Fsp3) is 0.417. The van der Waals surface area contributed by atoms with Gasteiger partial charge >= 0.3 is 0 Å². The van der Waals surface area contributed by atoms with E-state index in [-0.39, 0.29) is 0 Å². The second-order valence-corrected chi connectivity index (χ2v) is 5.78. The highest BCUT2D eigenvalue weighted by atomic mass is 32.1. The minimum absolute atomic E-state index is 0.494. The smallest absolute Gasteiger partial charge is 0.180 e. The first-order chi connectivity index (χ1) is 8.44. The van der Waals surface area contributed by atoms with E-state index in [0.717, 1.165) is 16.3 Å². The Morgan fingerprint density at radius 2 is 2.11 bits per heavy atom. The van der Waals surface area contributed by atoms with Gasteiger partial charge in [-0.2, -0.15) is 0 Å². The standard InChI is InChI=1S/C12H15FN4S/c1-7-9(18-11(14)16-7)8-4-5-15-10(17-8)12(2,3)6-13/h4-5H,6H2,1-3H3,(H2,14,16). The molecule has 2 rings (SSSR count). The molecule has 2 aromatic rings. The van der Waals surface area contributed by atoms with Crippen molar-refractivity contribution in [3.63, 3.8) is 0 Å². The van der Waals surface area contributed by atoms with Crippen molar-refractivity contribution < 1.29 is 4.39 Å². The van der Waals surface area contributed by atoms with Gasteiger partial charge in [0.15, 0.2) is 5.13 Å². The molecule has 0 saturated heterocycles. The third kappa shape index (κ3) is 2.33. The van der Waals surface area contributed by atoms with Gasteiger partial charge in [0.25, 0.3) is 0 Å². The van der Waals surface area contributed by atoms with Crippen molar-refractivity contribution in [2.45, 2.75) is 26.2 Å². The number of aryl methyl sites for hydroxylation is 1. The molecule has 6 heteroatoms. The highest BCUT2D eigenvalue weighted by Crippen LogP contribution is 2.31. The molecular weight excluding hydrogens is 251 g/mol. The summed E-state index contributed by atoms with van der Waals surface area (Å²) in [5.74, 6) is 0.494. The minimum Gasteiger partial charge on any atom is -0.375 e. The summed E-state index contributed by atoms with van der Waals surface area (Å²) in [6.07, 6.45) is 1.64. The number of nitrogens with zero attached hydrogens (tertiary/aromatic N) is 3. The maximum Gasteiger partial charge on any atom is 0.180 e. The van der Waals surface area contributed by atoms with Crippen molar-refractivity contribution in [1.82, 2.24) is 15.0 Å². The quantitative estimate of drug-likeness (QED) is 0.927. The number of anilines is 1. The average Bonchev–Trinajstić information content (AvgIpc) is 2.69. The van der Waals surface area contributed by atoms with Crippen LogP contribution in [0.5, 0.6) is 0 Å². The largest absolute Gasteiger partial charge is 0.375 e. The molecule has 0 saturated carbocycles. The molecule has 96 valence electrons. The van der Waals surface area contributed by atoms with Gasteiger partial charge in [-0.3, -0.25) is 4.39 Å². The van der Waals surface area contributed by atoms with E-state index in [1.165, 1.54) is 11.3 Å². The molecule has 0 fully saturated rings. The van der Waals surface area contributed by atoms with Gasteiger partial charge in [0.2, 0.25) is 0 Å². The highest BCUT2D eigenvalue weighted by molar-refractivity contribution is 7.18. The van der Waals surface area contributed by atoms with Crippen LogP contribution in [0.15, 0.2) is 12.3 Å². The molecular formula is C12H15FN4S. The van der Waals surface area contributed by atoms with Crippen LogP contribution in [-0.4, -0.2) is 21.6 Å². The Hall–Kier alpha value is -1.56. The van der Waals surface area contributed by atoms with Gasteiger partial charge in [-0.15, -0.1) is 0 Å². The van der Waals surface area contributed by atoms with Crippen LogP contribution in [0.2, 0.25) is 0 Å². The lowest BCUT2D eigenvalue weighted by Crippen LogP contribution is -2.23. The highest BCUT2D eigenvalue weighted by Gasteiger charge is 2.24. The average molecular weight is 266 g/mol. The zero-order valence-corrected chi connectivity index (χ0v) is 11.4. The van der Waals surface area contributed by atoms with E-state index < -0.39 is 12.1 Å². The van der Waals surface area contributed by atoms with Crippen LogP contribution in [-0.2, 0) is 5.41 Å². The van der Waals surface area contributed by atoms with E-state index in [2.05, 4.69) is 15.0 Å². The van der Waals surface area contributed by atoms with Crippen LogP contribution in [0, 0.1) is 6.92 Å². The first kappa shape index (κ1) is 12.9. The number of rotatable bonds is 3. The summed E-state index contributed by atoms with van der Waals surface area (Å²) in [6.45, 7) is 4.94. The zero-order valence-electron chi connectivity index (χ0n) is 10.6. The number of halogens is 1. The van der Waals surface area contributed by atoms with Crippen LogP contribution in [0.1, 0.15) is 25.4 Å². The van der Waals surface area contributed by atoms with Gasteiger partial charge in [0, 0.05) is 6.20 Å². The number of alkyl halides is 1. The van der Waals surface area contributed by atoms with Crippen molar-refractivity contribution in [1.29, 1.82) is 0 Å². The molecule has 4 nitrogen and oxygen atoms in total. The minimum atomic E-state index is -0.680. The summed E-state index contributed by atoms with van der Waals surface area (Å²) in [4.78, 5) is 13.6. The van der Waals surface area contributed by atoms with E-state index in [0.29, 0.717) is 11.0 Å². The van der Waals surface area contributed by atoms with E-state index >= 15 is 0 Å². The van der Waals surface area contributed by atoms with Gasteiger partial charge < -0.3 is 5.73 Å². The predicted molar refractivity (Wildman–Crippen MR) is 71.3 cm³/mol. The molecule has 0 spiro atoms. The third-order valence-corrected chi connectivity index (χ3v) is 3.65. The molecule has 0 aromatic carbocycles. The lowest BCUT2D eigenvalue weighted by molar-refractivity contribution is 0.337. The summed E-state index contributed by atoms with van der Waals surface area (Å²) >= 11 is 1.38. The third-order valence-electron chi connectivity index (χ3n) is 2.64. The summed E-state index contributed by atoms with van der Waals surface area (Å²) in [5.41, 5.74) is 6.57. The van der Waals surface area contributed by atoms with E-state index in [4.69, 9.17) is 5.73 Å². The maximum atomic E-state index is 13.0. The van der Waals surface area contributed by atoms with Crippen LogP contribution in [0.4, 0.5) is 9.52 Å². The fourth-order valence-electron chi connectivity index (χ4n) is 1.53. The van der Waals surface area contributed by atoms with Crippen LogP contribution in [0.3, 0.4) is 0 Å². The molecule has 0 amide bonds. The first-order valence-electron chi connectivity index (χ1n) is 5.57. The monoisotopic (exact) mass is 266 g/mol. The summed E-state index contributed by atoms with van der Waals surface area (Å²) in [7, 11) is 0. The molecule has 2 aromatic heterocycles. The summed E-state index contributed by atoms with van der Waals surface area (Å²) in [6, 6.07) is 1.79. The molecule has 2 heterocycles. The Kier molecular flexibility index (Phi) is 3.30. The molecule has 0 radical (unpaired) electrons. The SMILES string of the molecule is Cc1nc(N)sc1-c1ccnc(C(C)(C)CF)n1. The molecule has 18 heavy (non-hydrogen) atoms. The van der Waals surface area contributed by atoms with Crippen molar-refractivity contribution in [3.8, 4) is 10.6 Å². The Bertz CT molecular complexity index is 565. The fourth-order valence-corrected chi connectivity index (χ4v) is 2.33. The first-order valence-corrected chi connectivity index (χ1v) is 6.38. The maximum absolute atomic E-state index is 13.0. The van der Waals surface area contributed by atoms with Crippen molar-refractivity contribution in [3.05, 3.63) is 23.8 Å². The molecule has 0 atom stereocenters. The van der Waals surface area contributed by atoms with Crippen molar-refractivity contribution in [2.24, 2.45) is 0 Å². The normalized spacial score (nSPS) is 11.8. The summed E-state index contributed by atoms with van der Waals surface area (Å²) in [5, 5.41) is 0.507. The van der Waals surface area contributed by atoms with Gasteiger partial charge in [-0.25, -0.2) is 15.0 Å². The van der Waals surface area contributed by atoms with Crippen LogP contribution in [0.25, 0.3) is 10.6 Å². The van der Waals surface area contributed by atoms with E-state index in [1.54, 1.807) is 26.1 Å². The summed E-state index contributed by atoms with van der Waals surface area (Å²) < 4.78 is 13.0. The van der Waals surface area contributed by atoms with Crippen molar-refractivity contribution in [2.75, 3.05) is 12.4 Å². The van der Waals surface area contributed by atoms with E-state index in [9.17, 15) is 4.39 Å². The van der Waals surface area contributed by atoms with Crippen molar-refractivity contribution >= 4 is 16.5 Å². The molecule has 0 unspecified atom stereocenters. The zero-order chi connectivity index (χ0) is 13.3. The lowest BCUT2D eigenvalue weighted by atomic mass is 9.94. The van der Waals surface area contributed by atoms with Gasteiger partial charge in [0.1, 0.15) is 12.5 Å². The Labute approximate surface area is 109 Å². The molecule has 0 aliphatic carbocycles. The number of nitrogens with two attached hydrogens (primary N) is 1. The number of aromatic nitrogens is 3. The predicted octanol–water partition coefficient (Wildman–Crippen LogP) is 2.74.